The van der Waals surface area contributed by atoms with Crippen LogP contribution in [0.25, 0.3) is 0 Å². The maximum atomic E-state index is 12.7. The molecular formula is C17H19NO2. The second-order valence-electron chi connectivity index (χ2n) is 5.57. The molecule has 1 unspecified atom stereocenters. The number of amides is 1. The average Bonchev–Trinajstić information content (AvgIpc) is 3.29. The first-order chi connectivity index (χ1) is 9.79. The van der Waals surface area contributed by atoms with Crippen LogP contribution in [0.1, 0.15) is 30.1 Å². The first-order valence-corrected chi connectivity index (χ1v) is 7.21. The summed E-state index contributed by atoms with van der Waals surface area (Å²) in [5.41, 5.74) is 2.21. The Morgan fingerprint density at radius 2 is 2.20 bits per heavy atom. The first kappa shape index (κ1) is 13.2. The fraction of sp³-hybridized carbons (Fsp3) is 0.471. The van der Waals surface area contributed by atoms with E-state index in [2.05, 4.69) is 12.0 Å². The molecule has 0 spiro atoms. The van der Waals surface area contributed by atoms with E-state index in [-0.39, 0.29) is 5.91 Å². The number of hydrogen-bond donors (Lipinski definition) is 0. The predicted molar refractivity (Wildman–Crippen MR) is 77.0 cm³/mol. The Balaban J connectivity index is 1.80. The molecule has 1 amide bonds. The summed E-state index contributed by atoms with van der Waals surface area (Å²) in [5, 5.41) is 0. The largest absolute Gasteiger partial charge is 0.363 e. The number of fused-ring (bicyclic) bond motifs is 1. The maximum Gasteiger partial charge on any atom is 0.257 e. The van der Waals surface area contributed by atoms with Crippen LogP contribution >= 0.6 is 0 Å². The lowest BCUT2D eigenvalue weighted by molar-refractivity contribution is -0.144. The minimum Gasteiger partial charge on any atom is -0.363 e. The Labute approximate surface area is 119 Å². The second kappa shape index (κ2) is 5.68. The van der Waals surface area contributed by atoms with Gasteiger partial charge in [-0.3, -0.25) is 4.79 Å². The van der Waals surface area contributed by atoms with Gasteiger partial charge < -0.3 is 9.64 Å². The Morgan fingerprint density at radius 1 is 1.40 bits per heavy atom. The number of hydrogen-bond acceptors (Lipinski definition) is 2. The Morgan fingerprint density at radius 3 is 2.95 bits per heavy atom. The van der Waals surface area contributed by atoms with Gasteiger partial charge in [0.05, 0.1) is 13.2 Å². The van der Waals surface area contributed by atoms with Crippen molar-refractivity contribution in [3.05, 3.63) is 35.4 Å². The van der Waals surface area contributed by atoms with Crippen molar-refractivity contribution >= 4 is 5.91 Å². The van der Waals surface area contributed by atoms with Crippen LogP contribution in [0.2, 0.25) is 0 Å². The molecule has 1 heterocycles. The van der Waals surface area contributed by atoms with Gasteiger partial charge in [-0.2, -0.15) is 0 Å². The van der Waals surface area contributed by atoms with Crippen molar-refractivity contribution < 1.29 is 9.53 Å². The minimum atomic E-state index is -0.480. The Bertz CT molecular complexity index is 542. The smallest absolute Gasteiger partial charge is 0.257 e. The molecule has 0 N–H and O–H groups in total. The van der Waals surface area contributed by atoms with Gasteiger partial charge in [-0.25, -0.2) is 0 Å². The van der Waals surface area contributed by atoms with Crippen LogP contribution in [0, 0.1) is 18.3 Å². The fourth-order valence-corrected chi connectivity index (χ4v) is 2.72. The van der Waals surface area contributed by atoms with Gasteiger partial charge in [0.2, 0.25) is 0 Å². The van der Waals surface area contributed by atoms with E-state index in [0.29, 0.717) is 19.1 Å². The third-order valence-electron chi connectivity index (χ3n) is 3.99. The van der Waals surface area contributed by atoms with E-state index in [1.165, 1.54) is 18.4 Å². The van der Waals surface area contributed by atoms with Gasteiger partial charge in [0.1, 0.15) is 0 Å². The van der Waals surface area contributed by atoms with Gasteiger partial charge in [0, 0.05) is 6.54 Å². The highest BCUT2D eigenvalue weighted by molar-refractivity contribution is 5.83. The van der Waals surface area contributed by atoms with Crippen molar-refractivity contribution in [2.24, 2.45) is 5.92 Å². The number of carbonyl (C=O) groups excluding carboxylic acids is 1. The summed E-state index contributed by atoms with van der Waals surface area (Å²) < 4.78 is 5.74. The molecule has 3 rings (SSSR count). The van der Waals surface area contributed by atoms with Crippen LogP contribution < -0.4 is 0 Å². The molecule has 1 atom stereocenters. The zero-order chi connectivity index (χ0) is 13.9. The van der Waals surface area contributed by atoms with Crippen LogP contribution in [-0.4, -0.2) is 30.5 Å². The number of carbonyl (C=O) groups is 1. The summed E-state index contributed by atoms with van der Waals surface area (Å²) in [7, 11) is 0. The lowest BCUT2D eigenvalue weighted by atomic mass is 9.97. The van der Waals surface area contributed by atoms with Crippen molar-refractivity contribution in [3.8, 4) is 12.3 Å². The lowest BCUT2D eigenvalue weighted by Crippen LogP contribution is -2.39. The summed E-state index contributed by atoms with van der Waals surface area (Å²) in [4.78, 5) is 14.5. The summed E-state index contributed by atoms with van der Waals surface area (Å²) in [6.07, 6.45) is 8.21. The normalized spacial score (nSPS) is 20.9. The van der Waals surface area contributed by atoms with E-state index in [0.717, 1.165) is 18.5 Å². The molecule has 0 aromatic heterocycles. The van der Waals surface area contributed by atoms with Crippen molar-refractivity contribution in [1.29, 1.82) is 0 Å². The first-order valence-electron chi connectivity index (χ1n) is 7.21. The number of rotatable bonds is 4. The van der Waals surface area contributed by atoms with Gasteiger partial charge >= 0.3 is 0 Å². The zero-order valence-corrected chi connectivity index (χ0v) is 11.5. The highest BCUT2D eigenvalue weighted by Crippen LogP contribution is 2.32. The maximum absolute atomic E-state index is 12.7. The molecule has 0 bridgehead atoms. The molecule has 104 valence electrons. The standard InChI is InChI=1S/C17H19NO2/c1-2-10-18(12-13-7-8-13)17(19)16-15-6-4-3-5-14(15)9-11-20-16/h1,3-6,13,16H,7-12H2. The molecule has 1 fully saturated rings. The van der Waals surface area contributed by atoms with Crippen LogP contribution in [0.15, 0.2) is 24.3 Å². The van der Waals surface area contributed by atoms with Gasteiger partial charge in [0.15, 0.2) is 6.10 Å². The highest BCUT2D eigenvalue weighted by atomic mass is 16.5. The minimum absolute atomic E-state index is 0.0157. The van der Waals surface area contributed by atoms with Crippen molar-refractivity contribution in [1.82, 2.24) is 4.90 Å². The number of terminal acetylenes is 1. The van der Waals surface area contributed by atoms with Crippen LogP contribution in [-0.2, 0) is 16.0 Å². The SMILES string of the molecule is C#CCN(CC1CC1)C(=O)C1OCCc2ccccc21. The molecule has 1 aliphatic carbocycles. The Kier molecular flexibility index (Phi) is 3.75. The van der Waals surface area contributed by atoms with Crippen molar-refractivity contribution in [2.75, 3.05) is 19.7 Å². The van der Waals surface area contributed by atoms with Crippen LogP contribution in [0.4, 0.5) is 0 Å². The molecule has 2 aliphatic rings. The summed E-state index contributed by atoms with van der Waals surface area (Å²) in [6, 6.07) is 8.03. The van der Waals surface area contributed by atoms with Crippen molar-refractivity contribution in [3.63, 3.8) is 0 Å². The zero-order valence-electron chi connectivity index (χ0n) is 11.5. The molecule has 0 saturated heterocycles. The Hall–Kier alpha value is -1.79. The molecule has 3 heteroatoms. The molecule has 1 aliphatic heterocycles. The average molecular weight is 269 g/mol. The summed E-state index contributed by atoms with van der Waals surface area (Å²) in [5.74, 6) is 3.24. The van der Waals surface area contributed by atoms with E-state index in [4.69, 9.17) is 11.2 Å². The molecule has 3 nitrogen and oxygen atoms in total. The lowest BCUT2D eigenvalue weighted by Gasteiger charge is -2.30. The molecular weight excluding hydrogens is 250 g/mol. The van der Waals surface area contributed by atoms with Gasteiger partial charge in [-0.1, -0.05) is 30.2 Å². The van der Waals surface area contributed by atoms with E-state index in [1.54, 1.807) is 4.90 Å². The van der Waals surface area contributed by atoms with Gasteiger partial charge in [-0.15, -0.1) is 6.42 Å². The van der Waals surface area contributed by atoms with Crippen LogP contribution in [0.5, 0.6) is 0 Å². The number of ether oxygens (including phenoxy) is 1. The van der Waals surface area contributed by atoms with Gasteiger partial charge in [0.25, 0.3) is 5.91 Å². The molecule has 1 saturated carbocycles. The monoisotopic (exact) mass is 269 g/mol. The third-order valence-corrected chi connectivity index (χ3v) is 3.99. The van der Waals surface area contributed by atoms with E-state index in [1.807, 2.05) is 18.2 Å². The molecule has 20 heavy (non-hydrogen) atoms. The highest BCUT2D eigenvalue weighted by Gasteiger charge is 2.33. The third kappa shape index (κ3) is 2.71. The quantitative estimate of drug-likeness (QED) is 0.784. The number of nitrogens with zero attached hydrogens (tertiary/aromatic N) is 1. The van der Waals surface area contributed by atoms with E-state index >= 15 is 0 Å². The van der Waals surface area contributed by atoms with Gasteiger partial charge in [-0.05, 0) is 36.3 Å². The van der Waals surface area contributed by atoms with E-state index in [9.17, 15) is 4.79 Å². The topological polar surface area (TPSA) is 29.5 Å². The summed E-state index contributed by atoms with van der Waals surface area (Å²) in [6.45, 7) is 1.74. The molecule has 0 radical (unpaired) electrons. The van der Waals surface area contributed by atoms with E-state index < -0.39 is 6.10 Å². The summed E-state index contributed by atoms with van der Waals surface area (Å²) >= 11 is 0. The predicted octanol–water partition coefficient (Wildman–Crippen LogP) is 2.17. The molecule has 1 aromatic carbocycles. The van der Waals surface area contributed by atoms with Crippen molar-refractivity contribution in [2.45, 2.75) is 25.4 Å². The fourth-order valence-electron chi connectivity index (χ4n) is 2.72. The van der Waals surface area contributed by atoms with Crippen LogP contribution in [0.3, 0.4) is 0 Å². The second-order valence-corrected chi connectivity index (χ2v) is 5.57. The molecule has 1 aromatic rings. The number of benzene rings is 1.